The second-order valence-electron chi connectivity index (χ2n) is 6.75. The predicted molar refractivity (Wildman–Crippen MR) is 118 cm³/mol. The molecule has 0 fully saturated rings. The Bertz CT molecular complexity index is 1050. The molecule has 7 nitrogen and oxygen atoms in total. The Morgan fingerprint density at radius 3 is 2.73 bits per heavy atom. The van der Waals surface area contributed by atoms with E-state index in [4.69, 9.17) is 9.47 Å². The normalized spacial score (nSPS) is 16.2. The third-order valence-corrected chi connectivity index (χ3v) is 5.47. The Morgan fingerprint density at radius 1 is 1.20 bits per heavy atom. The molecule has 0 saturated carbocycles. The first-order valence-corrected chi connectivity index (χ1v) is 10.5. The van der Waals surface area contributed by atoms with E-state index in [-0.39, 0.29) is 24.4 Å². The van der Waals surface area contributed by atoms with Crippen LogP contribution < -0.4 is 19.7 Å². The summed E-state index contributed by atoms with van der Waals surface area (Å²) in [6.07, 6.45) is 1.71. The Labute approximate surface area is 178 Å². The maximum atomic E-state index is 13.2. The van der Waals surface area contributed by atoms with Gasteiger partial charge in [-0.3, -0.25) is 14.5 Å². The van der Waals surface area contributed by atoms with Gasteiger partial charge in [-0.15, -0.1) is 0 Å². The van der Waals surface area contributed by atoms with E-state index in [1.807, 2.05) is 50.2 Å². The summed E-state index contributed by atoms with van der Waals surface area (Å²) in [5, 5.41) is 3.23. The van der Waals surface area contributed by atoms with Gasteiger partial charge in [-0.1, -0.05) is 35.5 Å². The van der Waals surface area contributed by atoms with Crippen molar-refractivity contribution in [3.8, 4) is 11.5 Å². The van der Waals surface area contributed by atoms with Crippen LogP contribution in [0.3, 0.4) is 0 Å². The fourth-order valence-corrected chi connectivity index (χ4v) is 3.90. The predicted octanol–water partition coefficient (Wildman–Crippen LogP) is 3.34. The van der Waals surface area contributed by atoms with Crippen LogP contribution in [0.1, 0.15) is 18.1 Å². The van der Waals surface area contributed by atoms with Crippen molar-refractivity contribution in [2.45, 2.75) is 13.8 Å². The van der Waals surface area contributed by atoms with Gasteiger partial charge in [0.25, 0.3) is 5.91 Å². The van der Waals surface area contributed by atoms with E-state index in [1.165, 1.54) is 11.8 Å². The van der Waals surface area contributed by atoms with Crippen molar-refractivity contribution in [1.82, 2.24) is 5.32 Å². The van der Waals surface area contributed by atoms with Crippen LogP contribution in [0, 0.1) is 6.92 Å². The molecular weight excluding hydrogens is 402 g/mol. The van der Waals surface area contributed by atoms with E-state index in [2.05, 4.69) is 10.3 Å². The van der Waals surface area contributed by atoms with E-state index in [9.17, 15) is 9.59 Å². The quantitative estimate of drug-likeness (QED) is 0.746. The van der Waals surface area contributed by atoms with Crippen LogP contribution in [0.5, 0.6) is 11.5 Å². The molecule has 30 heavy (non-hydrogen) atoms. The Morgan fingerprint density at radius 2 is 1.97 bits per heavy atom. The smallest absolute Gasteiger partial charge is 0.283 e. The summed E-state index contributed by atoms with van der Waals surface area (Å²) < 4.78 is 10.7. The number of benzene rings is 2. The van der Waals surface area contributed by atoms with Crippen LogP contribution in [0.15, 0.2) is 53.2 Å². The number of amides is 2. The van der Waals surface area contributed by atoms with Crippen LogP contribution in [0.4, 0.5) is 5.69 Å². The number of anilines is 1. The number of carbonyl (C=O) groups is 2. The lowest BCUT2D eigenvalue weighted by Gasteiger charge is -2.17. The fourth-order valence-electron chi connectivity index (χ4n) is 3.05. The number of amidine groups is 1. The first kappa shape index (κ1) is 20.0. The number of ether oxygens (including phenoxy) is 2. The highest BCUT2D eigenvalue weighted by molar-refractivity contribution is 8.14. The number of thioether (sulfide) groups is 1. The van der Waals surface area contributed by atoms with Crippen molar-refractivity contribution in [3.63, 3.8) is 0 Å². The van der Waals surface area contributed by atoms with Crippen molar-refractivity contribution in [1.29, 1.82) is 0 Å². The third kappa shape index (κ3) is 4.18. The van der Waals surface area contributed by atoms with Gasteiger partial charge < -0.3 is 14.8 Å². The van der Waals surface area contributed by atoms with Crippen LogP contribution >= 0.6 is 11.8 Å². The maximum absolute atomic E-state index is 13.2. The minimum absolute atomic E-state index is 0.102. The second kappa shape index (κ2) is 8.62. The van der Waals surface area contributed by atoms with Crippen LogP contribution in [0.2, 0.25) is 0 Å². The number of hydrogen-bond acceptors (Lipinski definition) is 6. The molecule has 2 aliphatic heterocycles. The summed E-state index contributed by atoms with van der Waals surface area (Å²) in [6.45, 7) is 4.60. The monoisotopic (exact) mass is 423 g/mol. The third-order valence-electron chi connectivity index (χ3n) is 4.53. The Hall–Kier alpha value is -3.26. The van der Waals surface area contributed by atoms with Crippen molar-refractivity contribution in [2.75, 3.05) is 24.0 Å². The summed E-state index contributed by atoms with van der Waals surface area (Å²) in [4.78, 5) is 31.2. The van der Waals surface area contributed by atoms with Gasteiger partial charge in [-0.2, -0.15) is 0 Å². The number of nitrogens with one attached hydrogen (secondary N) is 1. The molecule has 2 aromatic carbocycles. The van der Waals surface area contributed by atoms with Gasteiger partial charge in [0, 0.05) is 6.54 Å². The van der Waals surface area contributed by atoms with E-state index in [0.29, 0.717) is 34.6 Å². The zero-order valence-corrected chi connectivity index (χ0v) is 17.5. The molecule has 154 valence electrons. The Balaban J connectivity index is 1.64. The van der Waals surface area contributed by atoms with Gasteiger partial charge in [0.2, 0.25) is 12.7 Å². The minimum atomic E-state index is -0.241. The lowest BCUT2D eigenvalue weighted by Crippen LogP contribution is -2.32. The maximum Gasteiger partial charge on any atom is 0.283 e. The van der Waals surface area contributed by atoms with E-state index < -0.39 is 0 Å². The van der Waals surface area contributed by atoms with Gasteiger partial charge in [-0.25, -0.2) is 4.99 Å². The topological polar surface area (TPSA) is 80.2 Å². The van der Waals surface area contributed by atoms with E-state index >= 15 is 0 Å². The highest BCUT2D eigenvalue weighted by Gasteiger charge is 2.32. The summed E-state index contributed by atoms with van der Waals surface area (Å²) >= 11 is 1.23. The van der Waals surface area contributed by atoms with Gasteiger partial charge >= 0.3 is 0 Å². The second-order valence-corrected chi connectivity index (χ2v) is 7.70. The molecule has 4 rings (SSSR count). The minimum Gasteiger partial charge on any atom is -0.454 e. The first-order chi connectivity index (χ1) is 14.5. The van der Waals surface area contributed by atoms with Crippen molar-refractivity contribution in [2.24, 2.45) is 4.99 Å². The fraction of sp³-hybridized carbons (Fsp3) is 0.227. The molecule has 0 saturated heterocycles. The summed E-state index contributed by atoms with van der Waals surface area (Å²) in [5.41, 5.74) is 2.88. The zero-order valence-electron chi connectivity index (χ0n) is 16.7. The van der Waals surface area contributed by atoms with Crippen LogP contribution in [0.25, 0.3) is 6.08 Å². The van der Waals surface area contributed by atoms with Gasteiger partial charge in [-0.05, 0) is 49.8 Å². The number of carbonyl (C=O) groups excluding carboxylic acids is 2. The first-order valence-electron chi connectivity index (χ1n) is 9.56. The number of nitrogens with zero attached hydrogens (tertiary/aromatic N) is 2. The van der Waals surface area contributed by atoms with E-state index in [1.54, 1.807) is 17.0 Å². The highest BCUT2D eigenvalue weighted by atomic mass is 32.2. The molecule has 0 unspecified atom stereocenters. The lowest BCUT2D eigenvalue weighted by molar-refractivity contribution is -0.118. The lowest BCUT2D eigenvalue weighted by atomic mass is 10.1. The van der Waals surface area contributed by atoms with Crippen molar-refractivity contribution >= 4 is 40.5 Å². The molecule has 2 aromatic rings. The van der Waals surface area contributed by atoms with E-state index in [0.717, 1.165) is 11.1 Å². The number of hydrogen-bond donors (Lipinski definition) is 1. The van der Waals surface area contributed by atoms with Gasteiger partial charge in [0.05, 0.1) is 11.4 Å². The standard InChI is InChI=1S/C22H21N3O4S/c1-3-23-20(26)12-30-22-24-17(10-15-6-9-18-19(11-15)29-13-28-18)21(27)25(22)16-7-4-14(2)5-8-16/h4-11H,3,12-13H2,1-2H3,(H,23,26)/b17-10-. The van der Waals surface area contributed by atoms with Crippen molar-refractivity contribution in [3.05, 3.63) is 59.3 Å². The molecule has 2 amide bonds. The molecular formula is C22H21N3O4S. The molecule has 2 heterocycles. The number of fused-ring (bicyclic) bond motifs is 1. The van der Waals surface area contributed by atoms with Gasteiger partial charge in [0.1, 0.15) is 5.70 Å². The molecule has 0 aliphatic carbocycles. The van der Waals surface area contributed by atoms with Gasteiger partial charge in [0.15, 0.2) is 16.7 Å². The SMILES string of the molecule is CCNC(=O)CSC1=N/C(=C\c2ccc3c(c2)OCO3)C(=O)N1c1ccc(C)cc1. The number of aryl methyl sites for hydroxylation is 1. The number of rotatable bonds is 5. The van der Waals surface area contributed by atoms with Crippen molar-refractivity contribution < 1.29 is 19.1 Å². The molecule has 0 aromatic heterocycles. The molecule has 0 bridgehead atoms. The Kier molecular flexibility index (Phi) is 5.76. The summed E-state index contributed by atoms with van der Waals surface area (Å²) in [5.74, 6) is 1.15. The molecule has 1 N–H and O–H groups in total. The average Bonchev–Trinajstić information content (AvgIpc) is 3.32. The zero-order chi connectivity index (χ0) is 21.1. The molecule has 0 spiro atoms. The molecule has 0 radical (unpaired) electrons. The molecule has 0 atom stereocenters. The molecule has 8 heteroatoms. The van der Waals surface area contributed by atoms with Crippen LogP contribution in [-0.2, 0) is 9.59 Å². The largest absolute Gasteiger partial charge is 0.454 e. The molecule has 2 aliphatic rings. The summed E-state index contributed by atoms with van der Waals surface area (Å²) in [7, 11) is 0. The van der Waals surface area contributed by atoms with Crippen LogP contribution in [-0.4, -0.2) is 36.1 Å². The number of aliphatic imine (C=N–C) groups is 1. The average molecular weight is 423 g/mol. The highest BCUT2D eigenvalue weighted by Crippen LogP contribution is 2.34. The summed E-state index contributed by atoms with van der Waals surface area (Å²) in [6, 6.07) is 13.1.